The normalized spacial score (nSPS) is 19.5. The molecule has 0 aromatic carbocycles. The molecule has 2 rings (SSSR count). The predicted octanol–water partition coefficient (Wildman–Crippen LogP) is 2.77. The van der Waals surface area contributed by atoms with E-state index in [9.17, 15) is 4.79 Å². The number of carbonyl (C=O) groups excluding carboxylic acids is 1. The van der Waals surface area contributed by atoms with Gasteiger partial charge in [0.2, 0.25) is 5.91 Å². The van der Waals surface area contributed by atoms with Gasteiger partial charge in [0.15, 0.2) is 5.96 Å². The molecule has 1 heterocycles. The molecule has 152 valence electrons. The van der Waals surface area contributed by atoms with Crippen LogP contribution in [0.15, 0.2) is 4.99 Å². The molecule has 0 atom stereocenters. The number of guanidine groups is 1. The van der Waals surface area contributed by atoms with Crippen LogP contribution in [0.2, 0.25) is 0 Å². The lowest BCUT2D eigenvalue weighted by Crippen LogP contribution is -2.40. The Morgan fingerprint density at radius 3 is 2.65 bits per heavy atom. The molecule has 0 spiro atoms. The lowest BCUT2D eigenvalue weighted by molar-refractivity contribution is -0.127. The van der Waals surface area contributed by atoms with E-state index in [4.69, 9.17) is 9.73 Å². The number of ether oxygens (including phenoxy) is 1. The van der Waals surface area contributed by atoms with Crippen molar-refractivity contribution in [2.75, 3.05) is 46.4 Å². The molecule has 0 radical (unpaired) electrons. The number of amides is 1. The van der Waals surface area contributed by atoms with Gasteiger partial charge in [0, 0.05) is 52.9 Å². The second kappa shape index (κ2) is 12.8. The van der Waals surface area contributed by atoms with Crippen LogP contribution in [-0.2, 0) is 9.53 Å². The largest absolute Gasteiger partial charge is 0.385 e. The van der Waals surface area contributed by atoms with Crippen molar-refractivity contribution in [2.24, 2.45) is 10.4 Å². The predicted molar refractivity (Wildman–Crippen MR) is 117 cm³/mol. The second-order valence-electron chi connectivity index (χ2n) is 7.41. The van der Waals surface area contributed by atoms with Crippen LogP contribution in [0, 0.1) is 5.41 Å². The van der Waals surface area contributed by atoms with Gasteiger partial charge in [-0.25, -0.2) is 0 Å². The van der Waals surface area contributed by atoms with Crippen LogP contribution in [0.4, 0.5) is 0 Å². The Balaban J connectivity index is 0.00000338. The third-order valence-electron chi connectivity index (χ3n) is 5.49. The van der Waals surface area contributed by atoms with E-state index in [0.717, 1.165) is 71.0 Å². The molecular formula is C19H37IN4O2. The first-order valence-electron chi connectivity index (χ1n) is 9.98. The zero-order valence-corrected chi connectivity index (χ0v) is 18.8. The van der Waals surface area contributed by atoms with Crippen LogP contribution in [0.1, 0.15) is 58.3 Å². The summed E-state index contributed by atoms with van der Waals surface area (Å²) in [6.45, 7) is 7.27. The summed E-state index contributed by atoms with van der Waals surface area (Å²) >= 11 is 0. The van der Waals surface area contributed by atoms with Crippen LogP contribution < -0.4 is 10.6 Å². The number of rotatable bonds is 10. The quantitative estimate of drug-likeness (QED) is 0.219. The molecule has 1 amide bonds. The van der Waals surface area contributed by atoms with Crippen LogP contribution in [0.25, 0.3) is 0 Å². The molecule has 26 heavy (non-hydrogen) atoms. The summed E-state index contributed by atoms with van der Waals surface area (Å²) < 4.78 is 5.31. The Hall–Kier alpha value is -0.570. The highest BCUT2D eigenvalue weighted by Crippen LogP contribution is 2.41. The van der Waals surface area contributed by atoms with Gasteiger partial charge in [-0.1, -0.05) is 12.8 Å². The highest BCUT2D eigenvalue weighted by atomic mass is 127. The van der Waals surface area contributed by atoms with Gasteiger partial charge in [-0.2, -0.15) is 0 Å². The number of nitrogens with one attached hydrogen (secondary N) is 2. The first-order valence-corrected chi connectivity index (χ1v) is 9.98. The number of methoxy groups -OCH3 is 1. The van der Waals surface area contributed by atoms with E-state index in [1.54, 1.807) is 7.11 Å². The van der Waals surface area contributed by atoms with E-state index in [1.807, 2.05) is 4.90 Å². The van der Waals surface area contributed by atoms with E-state index in [0.29, 0.717) is 11.3 Å². The minimum Gasteiger partial charge on any atom is -0.385 e. The van der Waals surface area contributed by atoms with Crippen molar-refractivity contribution < 1.29 is 9.53 Å². The average molecular weight is 480 g/mol. The van der Waals surface area contributed by atoms with Crippen LogP contribution in [0.5, 0.6) is 0 Å². The summed E-state index contributed by atoms with van der Waals surface area (Å²) in [5.41, 5.74) is 0.320. The second-order valence-corrected chi connectivity index (χ2v) is 7.41. The topological polar surface area (TPSA) is 66.0 Å². The summed E-state index contributed by atoms with van der Waals surface area (Å²) in [6, 6.07) is 0. The number of hydrogen-bond acceptors (Lipinski definition) is 3. The van der Waals surface area contributed by atoms with Crippen molar-refractivity contribution in [3.05, 3.63) is 0 Å². The summed E-state index contributed by atoms with van der Waals surface area (Å²) in [7, 11) is 1.78. The van der Waals surface area contributed by atoms with Crippen molar-refractivity contribution >= 4 is 35.8 Å². The summed E-state index contributed by atoms with van der Waals surface area (Å²) in [4.78, 5) is 18.5. The monoisotopic (exact) mass is 480 g/mol. The van der Waals surface area contributed by atoms with E-state index >= 15 is 0 Å². The third kappa shape index (κ3) is 7.58. The zero-order chi connectivity index (χ0) is 18.0. The third-order valence-corrected chi connectivity index (χ3v) is 5.49. The average Bonchev–Trinajstić information content (AvgIpc) is 3.24. The van der Waals surface area contributed by atoms with E-state index in [2.05, 4.69) is 17.6 Å². The van der Waals surface area contributed by atoms with Crippen molar-refractivity contribution in [1.29, 1.82) is 0 Å². The molecule has 0 aromatic rings. The number of aliphatic imine (C=N–C) groups is 1. The SMILES string of the molecule is CCNC(=NCC1(CCOC)CCCC1)NCCCN1CCCC1=O.I. The van der Waals surface area contributed by atoms with Crippen LogP contribution in [0.3, 0.4) is 0 Å². The molecule has 1 aliphatic carbocycles. The Bertz CT molecular complexity index is 439. The summed E-state index contributed by atoms with van der Waals surface area (Å²) in [5, 5.41) is 6.77. The van der Waals surface area contributed by atoms with Crippen molar-refractivity contribution in [2.45, 2.75) is 58.3 Å². The number of carbonyl (C=O) groups is 1. The van der Waals surface area contributed by atoms with Crippen LogP contribution in [-0.4, -0.2) is 63.2 Å². The molecule has 6 nitrogen and oxygen atoms in total. The summed E-state index contributed by atoms with van der Waals surface area (Å²) in [6.07, 6.45) is 8.95. The molecule has 2 fully saturated rings. The Morgan fingerprint density at radius 2 is 2.04 bits per heavy atom. The number of nitrogens with zero attached hydrogens (tertiary/aromatic N) is 2. The smallest absolute Gasteiger partial charge is 0.222 e. The van der Waals surface area contributed by atoms with Gasteiger partial charge in [0.05, 0.1) is 0 Å². The molecule has 1 saturated heterocycles. The van der Waals surface area contributed by atoms with Gasteiger partial charge in [-0.05, 0) is 44.4 Å². The van der Waals surface area contributed by atoms with E-state index in [1.165, 1.54) is 25.7 Å². The number of likely N-dealkylation sites (tertiary alicyclic amines) is 1. The summed E-state index contributed by atoms with van der Waals surface area (Å²) in [5.74, 6) is 1.21. The fourth-order valence-electron chi connectivity index (χ4n) is 3.94. The van der Waals surface area contributed by atoms with Crippen molar-refractivity contribution in [1.82, 2.24) is 15.5 Å². The highest BCUT2D eigenvalue weighted by Gasteiger charge is 2.33. The molecule has 0 bridgehead atoms. The van der Waals surface area contributed by atoms with E-state index in [-0.39, 0.29) is 24.0 Å². The Morgan fingerprint density at radius 1 is 1.27 bits per heavy atom. The first-order chi connectivity index (χ1) is 12.2. The van der Waals surface area contributed by atoms with Crippen molar-refractivity contribution in [3.63, 3.8) is 0 Å². The standard InChI is InChI=1S/C19H36N4O2.HI/c1-3-20-18(21-12-7-14-23-13-6-8-17(23)24)22-16-19(11-15-25-2)9-4-5-10-19;/h3-16H2,1-2H3,(H2,20,21,22);1H. The lowest BCUT2D eigenvalue weighted by Gasteiger charge is -2.27. The van der Waals surface area contributed by atoms with Gasteiger partial charge < -0.3 is 20.3 Å². The minimum absolute atomic E-state index is 0. The zero-order valence-electron chi connectivity index (χ0n) is 16.5. The molecule has 0 unspecified atom stereocenters. The Kier molecular flexibility index (Phi) is 11.5. The fourth-order valence-corrected chi connectivity index (χ4v) is 3.94. The molecule has 2 aliphatic rings. The number of hydrogen-bond donors (Lipinski definition) is 2. The molecule has 1 saturated carbocycles. The Labute approximate surface area is 175 Å². The maximum absolute atomic E-state index is 11.6. The number of halogens is 1. The lowest BCUT2D eigenvalue weighted by atomic mass is 9.83. The highest BCUT2D eigenvalue weighted by molar-refractivity contribution is 14.0. The van der Waals surface area contributed by atoms with Crippen LogP contribution >= 0.6 is 24.0 Å². The van der Waals surface area contributed by atoms with Gasteiger partial charge in [-0.15, -0.1) is 24.0 Å². The maximum Gasteiger partial charge on any atom is 0.222 e. The van der Waals surface area contributed by atoms with E-state index < -0.39 is 0 Å². The molecule has 2 N–H and O–H groups in total. The van der Waals surface area contributed by atoms with Crippen molar-refractivity contribution in [3.8, 4) is 0 Å². The molecule has 1 aliphatic heterocycles. The van der Waals surface area contributed by atoms with Gasteiger partial charge in [-0.3, -0.25) is 9.79 Å². The molecule has 0 aromatic heterocycles. The maximum atomic E-state index is 11.6. The fraction of sp³-hybridized carbons (Fsp3) is 0.895. The molecular weight excluding hydrogens is 443 g/mol. The van der Waals surface area contributed by atoms with Gasteiger partial charge in [0.25, 0.3) is 0 Å². The van der Waals surface area contributed by atoms with Gasteiger partial charge >= 0.3 is 0 Å². The first kappa shape index (κ1) is 23.5. The van der Waals surface area contributed by atoms with Gasteiger partial charge in [0.1, 0.15) is 0 Å². The minimum atomic E-state index is 0. The molecule has 7 heteroatoms.